The molecule has 7 heteroatoms. The van der Waals surface area contributed by atoms with Gasteiger partial charge in [0.1, 0.15) is 5.75 Å². The van der Waals surface area contributed by atoms with E-state index in [4.69, 9.17) is 0 Å². The Hall–Kier alpha value is -2.96. The first-order chi connectivity index (χ1) is 12.9. The van der Waals surface area contributed by atoms with Crippen LogP contribution in [0.5, 0.6) is 5.75 Å². The summed E-state index contributed by atoms with van der Waals surface area (Å²) in [5.41, 5.74) is 1.12. The second-order valence-electron chi connectivity index (χ2n) is 6.52. The predicted molar refractivity (Wildman–Crippen MR) is 98.1 cm³/mol. The van der Waals surface area contributed by atoms with Crippen molar-refractivity contribution in [1.29, 1.82) is 0 Å². The van der Waals surface area contributed by atoms with Gasteiger partial charge in [-0.05, 0) is 54.6 Å². The third kappa shape index (κ3) is 3.63. The van der Waals surface area contributed by atoms with Gasteiger partial charge in [0.15, 0.2) is 0 Å². The number of anilines is 1. The summed E-state index contributed by atoms with van der Waals surface area (Å²) in [6, 6.07) is 13.0. The fourth-order valence-electron chi connectivity index (χ4n) is 3.48. The first kappa shape index (κ1) is 17.5. The van der Waals surface area contributed by atoms with Crippen LogP contribution in [0, 0.1) is 0 Å². The van der Waals surface area contributed by atoms with E-state index in [0.717, 1.165) is 31.6 Å². The number of alkyl halides is 3. The van der Waals surface area contributed by atoms with E-state index in [2.05, 4.69) is 14.6 Å². The van der Waals surface area contributed by atoms with Crippen LogP contribution in [-0.2, 0) is 0 Å². The maximum absolute atomic E-state index is 12.7. The molecule has 1 saturated heterocycles. The Kier molecular flexibility index (Phi) is 4.30. The Bertz CT molecular complexity index is 1040. The van der Waals surface area contributed by atoms with Crippen molar-refractivity contribution in [3.63, 3.8) is 0 Å². The minimum atomic E-state index is -4.81. The van der Waals surface area contributed by atoms with E-state index in [0.29, 0.717) is 10.8 Å². The molecular weight excluding hydrogens is 357 g/mol. The van der Waals surface area contributed by atoms with Gasteiger partial charge < -0.3 is 14.6 Å². The summed E-state index contributed by atoms with van der Waals surface area (Å²) in [6.45, 7) is 1.92. The van der Waals surface area contributed by atoms with Gasteiger partial charge in [-0.2, -0.15) is 0 Å². The Balaban J connectivity index is 1.82. The highest BCUT2D eigenvalue weighted by atomic mass is 19.4. The van der Waals surface area contributed by atoms with Gasteiger partial charge >= 0.3 is 6.36 Å². The Morgan fingerprint density at radius 1 is 1.00 bits per heavy atom. The molecule has 0 bridgehead atoms. The van der Waals surface area contributed by atoms with Crippen LogP contribution in [0.15, 0.2) is 53.3 Å². The molecule has 1 aliphatic rings. The number of H-pyrrole nitrogens is 1. The van der Waals surface area contributed by atoms with Crippen molar-refractivity contribution in [3.8, 4) is 17.0 Å². The third-order valence-electron chi connectivity index (χ3n) is 4.70. The number of hydrogen-bond acceptors (Lipinski definition) is 3. The SMILES string of the molecule is O=c1[nH]c(-c2ccccc2OC(F)(F)F)cc2cc(N3CCCC3)ccc12. The van der Waals surface area contributed by atoms with Crippen LogP contribution in [-0.4, -0.2) is 24.4 Å². The number of pyridine rings is 1. The van der Waals surface area contributed by atoms with Gasteiger partial charge in [0, 0.05) is 29.7 Å². The lowest BCUT2D eigenvalue weighted by Gasteiger charge is -2.18. The molecule has 4 nitrogen and oxygen atoms in total. The molecule has 0 spiro atoms. The maximum atomic E-state index is 12.7. The van der Waals surface area contributed by atoms with Crippen LogP contribution in [0.1, 0.15) is 12.8 Å². The zero-order chi connectivity index (χ0) is 19.0. The van der Waals surface area contributed by atoms with Crippen molar-refractivity contribution in [2.45, 2.75) is 19.2 Å². The predicted octanol–water partition coefficient (Wildman–Crippen LogP) is 4.69. The van der Waals surface area contributed by atoms with Crippen molar-refractivity contribution in [1.82, 2.24) is 4.98 Å². The third-order valence-corrected chi connectivity index (χ3v) is 4.70. The first-order valence-electron chi connectivity index (χ1n) is 8.68. The van der Waals surface area contributed by atoms with Crippen molar-refractivity contribution in [2.24, 2.45) is 0 Å². The van der Waals surface area contributed by atoms with E-state index in [1.807, 2.05) is 12.1 Å². The van der Waals surface area contributed by atoms with E-state index in [1.165, 1.54) is 18.2 Å². The van der Waals surface area contributed by atoms with Crippen LogP contribution in [0.25, 0.3) is 22.0 Å². The maximum Gasteiger partial charge on any atom is 0.573 e. The molecule has 1 aromatic heterocycles. The summed E-state index contributed by atoms with van der Waals surface area (Å²) in [5.74, 6) is -0.351. The number of nitrogens with zero attached hydrogens (tertiary/aromatic N) is 1. The van der Waals surface area contributed by atoms with Gasteiger partial charge in [0.05, 0.1) is 5.69 Å². The van der Waals surface area contributed by atoms with Crippen molar-refractivity contribution < 1.29 is 17.9 Å². The van der Waals surface area contributed by atoms with Gasteiger partial charge in [-0.15, -0.1) is 13.2 Å². The van der Waals surface area contributed by atoms with Crippen LogP contribution in [0.2, 0.25) is 0 Å². The summed E-state index contributed by atoms with van der Waals surface area (Å²) in [6.07, 6.45) is -2.56. The molecule has 1 N–H and O–H groups in total. The monoisotopic (exact) mass is 374 g/mol. The van der Waals surface area contributed by atoms with Gasteiger partial charge in [0.2, 0.25) is 0 Å². The van der Waals surface area contributed by atoms with Crippen molar-refractivity contribution >= 4 is 16.5 Å². The van der Waals surface area contributed by atoms with Gasteiger partial charge in [0.25, 0.3) is 5.56 Å². The topological polar surface area (TPSA) is 45.3 Å². The van der Waals surface area contributed by atoms with Crippen LogP contribution < -0.4 is 15.2 Å². The number of aromatic amines is 1. The minimum Gasteiger partial charge on any atom is -0.405 e. The fourth-order valence-corrected chi connectivity index (χ4v) is 3.48. The van der Waals surface area contributed by atoms with E-state index >= 15 is 0 Å². The number of fused-ring (bicyclic) bond motifs is 1. The van der Waals surface area contributed by atoms with E-state index in [1.54, 1.807) is 18.2 Å². The lowest BCUT2D eigenvalue weighted by atomic mass is 10.1. The molecule has 0 atom stereocenters. The average Bonchev–Trinajstić information content (AvgIpc) is 3.15. The molecule has 1 aliphatic heterocycles. The molecule has 140 valence electrons. The Labute approximate surface area is 153 Å². The van der Waals surface area contributed by atoms with Crippen LogP contribution in [0.4, 0.5) is 18.9 Å². The van der Waals surface area contributed by atoms with E-state index in [-0.39, 0.29) is 22.6 Å². The van der Waals surface area contributed by atoms with Crippen LogP contribution >= 0.6 is 0 Å². The highest BCUT2D eigenvalue weighted by Crippen LogP contribution is 2.33. The normalized spacial score (nSPS) is 14.7. The Morgan fingerprint density at radius 2 is 1.74 bits per heavy atom. The molecule has 2 heterocycles. The second kappa shape index (κ2) is 6.64. The highest BCUT2D eigenvalue weighted by Gasteiger charge is 2.32. The summed E-state index contributed by atoms with van der Waals surface area (Å²) >= 11 is 0. The largest absolute Gasteiger partial charge is 0.573 e. The number of hydrogen-bond donors (Lipinski definition) is 1. The van der Waals surface area contributed by atoms with Gasteiger partial charge in [-0.25, -0.2) is 0 Å². The summed E-state index contributed by atoms with van der Waals surface area (Å²) in [4.78, 5) is 17.4. The zero-order valence-corrected chi connectivity index (χ0v) is 14.3. The minimum absolute atomic E-state index is 0.181. The molecule has 2 aromatic carbocycles. The fraction of sp³-hybridized carbons (Fsp3) is 0.250. The first-order valence-corrected chi connectivity index (χ1v) is 8.68. The zero-order valence-electron chi connectivity index (χ0n) is 14.3. The molecule has 3 aromatic rings. The molecule has 27 heavy (non-hydrogen) atoms. The number of halogens is 3. The molecule has 4 rings (SSSR count). The van der Waals surface area contributed by atoms with Gasteiger partial charge in [-0.1, -0.05) is 12.1 Å². The number of rotatable bonds is 3. The quantitative estimate of drug-likeness (QED) is 0.723. The van der Waals surface area contributed by atoms with E-state index < -0.39 is 6.36 Å². The van der Waals surface area contributed by atoms with E-state index in [9.17, 15) is 18.0 Å². The number of ether oxygens (including phenoxy) is 1. The molecular formula is C20H17F3N2O2. The standard InChI is InChI=1S/C20H17F3N2O2/c21-20(22,23)27-18-6-2-1-5-16(18)17-12-13-11-14(25-9-3-4-10-25)7-8-15(13)19(26)24-17/h1-2,5-8,11-12H,3-4,9-10H2,(H,24,26). The van der Waals surface area contributed by atoms with Crippen LogP contribution in [0.3, 0.4) is 0 Å². The number of aromatic nitrogens is 1. The molecule has 0 saturated carbocycles. The molecule has 1 fully saturated rings. The van der Waals surface area contributed by atoms with Crippen molar-refractivity contribution in [2.75, 3.05) is 18.0 Å². The summed E-state index contributed by atoms with van der Waals surface area (Å²) < 4.78 is 42.2. The molecule has 0 unspecified atom stereocenters. The molecule has 0 aliphatic carbocycles. The van der Waals surface area contributed by atoms with Gasteiger partial charge in [-0.3, -0.25) is 4.79 Å². The molecule has 0 amide bonds. The lowest BCUT2D eigenvalue weighted by molar-refractivity contribution is -0.274. The lowest BCUT2D eigenvalue weighted by Crippen LogP contribution is -2.18. The van der Waals surface area contributed by atoms with Crippen molar-refractivity contribution in [3.05, 3.63) is 58.9 Å². The number of para-hydroxylation sites is 1. The molecule has 0 radical (unpaired) electrons. The highest BCUT2D eigenvalue weighted by molar-refractivity contribution is 5.88. The summed E-state index contributed by atoms with van der Waals surface area (Å²) in [5, 5.41) is 1.18. The second-order valence-corrected chi connectivity index (χ2v) is 6.52. The Morgan fingerprint density at radius 3 is 2.48 bits per heavy atom. The number of nitrogens with one attached hydrogen (secondary N) is 1. The number of benzene rings is 2. The summed E-state index contributed by atoms with van der Waals surface area (Å²) in [7, 11) is 0. The smallest absolute Gasteiger partial charge is 0.405 e. The average molecular weight is 374 g/mol.